The second-order valence-electron chi connectivity index (χ2n) is 3.49. The number of rotatable bonds is 1. The fourth-order valence-corrected chi connectivity index (χ4v) is 1.42. The highest BCUT2D eigenvalue weighted by atomic mass is 19.1. The number of hydrogen-bond acceptors (Lipinski definition) is 2. The SMILES string of the molecule is Cc1cncc(-c2ccc(N)c(F)c2)c1. The molecule has 0 radical (unpaired) electrons. The number of halogens is 1. The molecule has 2 rings (SSSR count). The van der Waals surface area contributed by atoms with Gasteiger partial charge in [0.15, 0.2) is 0 Å². The zero-order chi connectivity index (χ0) is 10.8. The van der Waals surface area contributed by atoms with E-state index in [0.717, 1.165) is 16.7 Å². The number of aromatic nitrogens is 1. The Bertz CT molecular complexity index is 495. The topological polar surface area (TPSA) is 38.9 Å². The molecule has 2 N–H and O–H groups in total. The van der Waals surface area contributed by atoms with Crippen molar-refractivity contribution in [3.05, 3.63) is 48.0 Å². The molecule has 0 fully saturated rings. The van der Waals surface area contributed by atoms with Crippen LogP contribution in [0.1, 0.15) is 5.56 Å². The minimum Gasteiger partial charge on any atom is -0.396 e. The Kier molecular flexibility index (Phi) is 2.37. The van der Waals surface area contributed by atoms with Crippen LogP contribution in [0.2, 0.25) is 0 Å². The standard InChI is InChI=1S/C12H11FN2/c1-8-4-10(7-15-6-8)9-2-3-12(14)11(13)5-9/h2-7H,14H2,1H3. The van der Waals surface area contributed by atoms with Gasteiger partial charge in [-0.25, -0.2) is 4.39 Å². The van der Waals surface area contributed by atoms with Crippen molar-refractivity contribution in [2.24, 2.45) is 0 Å². The van der Waals surface area contributed by atoms with Gasteiger partial charge in [-0.15, -0.1) is 0 Å². The normalized spacial score (nSPS) is 10.3. The molecule has 0 aliphatic heterocycles. The molecule has 2 aromatic rings. The van der Waals surface area contributed by atoms with E-state index in [4.69, 9.17) is 5.73 Å². The lowest BCUT2D eigenvalue weighted by molar-refractivity contribution is 0.633. The smallest absolute Gasteiger partial charge is 0.146 e. The maximum atomic E-state index is 13.2. The average molecular weight is 202 g/mol. The quantitative estimate of drug-likeness (QED) is 0.722. The summed E-state index contributed by atoms with van der Waals surface area (Å²) in [6.45, 7) is 1.95. The fraction of sp³-hybridized carbons (Fsp3) is 0.0833. The van der Waals surface area contributed by atoms with Crippen molar-refractivity contribution < 1.29 is 4.39 Å². The van der Waals surface area contributed by atoms with Gasteiger partial charge in [-0.2, -0.15) is 0 Å². The van der Waals surface area contributed by atoms with Crippen molar-refractivity contribution in [1.82, 2.24) is 4.98 Å². The number of hydrogen-bond donors (Lipinski definition) is 1. The number of pyridine rings is 1. The number of aryl methyl sites for hydroxylation is 1. The molecule has 0 unspecified atom stereocenters. The van der Waals surface area contributed by atoms with E-state index >= 15 is 0 Å². The maximum Gasteiger partial charge on any atom is 0.146 e. The number of nitrogen functional groups attached to an aromatic ring is 1. The zero-order valence-corrected chi connectivity index (χ0v) is 8.37. The van der Waals surface area contributed by atoms with Gasteiger partial charge < -0.3 is 5.73 Å². The van der Waals surface area contributed by atoms with Crippen molar-refractivity contribution in [2.75, 3.05) is 5.73 Å². The van der Waals surface area contributed by atoms with Gasteiger partial charge in [0, 0.05) is 18.0 Å². The summed E-state index contributed by atoms with van der Waals surface area (Å²) in [6.07, 6.45) is 3.47. The molecule has 0 bridgehead atoms. The number of nitrogens with zero attached hydrogens (tertiary/aromatic N) is 1. The van der Waals surface area contributed by atoms with E-state index in [1.165, 1.54) is 6.07 Å². The first-order valence-corrected chi connectivity index (χ1v) is 4.64. The van der Waals surface area contributed by atoms with E-state index in [-0.39, 0.29) is 5.69 Å². The van der Waals surface area contributed by atoms with Crippen molar-refractivity contribution in [3.63, 3.8) is 0 Å². The lowest BCUT2D eigenvalue weighted by Crippen LogP contribution is -1.91. The molecule has 0 saturated carbocycles. The molecule has 76 valence electrons. The Labute approximate surface area is 87.6 Å². The molecule has 1 aromatic carbocycles. The largest absolute Gasteiger partial charge is 0.396 e. The van der Waals surface area contributed by atoms with E-state index in [9.17, 15) is 4.39 Å². The van der Waals surface area contributed by atoms with E-state index in [1.807, 2.05) is 13.0 Å². The molecular weight excluding hydrogens is 191 g/mol. The Morgan fingerprint density at radius 2 is 1.93 bits per heavy atom. The van der Waals surface area contributed by atoms with E-state index in [1.54, 1.807) is 24.5 Å². The highest BCUT2D eigenvalue weighted by Crippen LogP contribution is 2.22. The van der Waals surface area contributed by atoms with Gasteiger partial charge in [-0.05, 0) is 36.2 Å². The maximum absolute atomic E-state index is 13.2. The van der Waals surface area contributed by atoms with Crippen molar-refractivity contribution in [2.45, 2.75) is 6.92 Å². The third-order valence-electron chi connectivity index (χ3n) is 2.21. The minimum atomic E-state index is -0.394. The van der Waals surface area contributed by atoms with Crippen LogP contribution in [0.15, 0.2) is 36.7 Å². The van der Waals surface area contributed by atoms with Crippen LogP contribution in [-0.4, -0.2) is 4.98 Å². The second-order valence-corrected chi connectivity index (χ2v) is 3.49. The van der Waals surface area contributed by atoms with E-state index in [0.29, 0.717) is 0 Å². The highest BCUT2D eigenvalue weighted by molar-refractivity contribution is 5.65. The molecule has 0 amide bonds. The molecule has 1 aromatic heterocycles. The summed E-state index contributed by atoms with van der Waals surface area (Å²) in [7, 11) is 0. The van der Waals surface area contributed by atoms with Gasteiger partial charge in [-0.3, -0.25) is 4.98 Å². The molecular formula is C12H11FN2. The van der Waals surface area contributed by atoms with Crippen molar-refractivity contribution >= 4 is 5.69 Å². The van der Waals surface area contributed by atoms with Crippen LogP contribution in [-0.2, 0) is 0 Å². The third-order valence-corrected chi connectivity index (χ3v) is 2.21. The molecule has 2 nitrogen and oxygen atoms in total. The van der Waals surface area contributed by atoms with Gasteiger partial charge in [0.05, 0.1) is 5.69 Å². The zero-order valence-electron chi connectivity index (χ0n) is 8.37. The summed E-state index contributed by atoms with van der Waals surface area (Å²) >= 11 is 0. The molecule has 15 heavy (non-hydrogen) atoms. The van der Waals surface area contributed by atoms with Gasteiger partial charge in [-0.1, -0.05) is 6.07 Å². The third kappa shape index (κ3) is 1.96. The fourth-order valence-electron chi connectivity index (χ4n) is 1.42. The summed E-state index contributed by atoms with van der Waals surface area (Å²) < 4.78 is 13.2. The molecule has 0 atom stereocenters. The van der Waals surface area contributed by atoms with Crippen molar-refractivity contribution in [1.29, 1.82) is 0 Å². The first-order valence-electron chi connectivity index (χ1n) is 4.64. The van der Waals surface area contributed by atoms with Crippen LogP contribution >= 0.6 is 0 Å². The first kappa shape index (κ1) is 9.65. The van der Waals surface area contributed by atoms with Crippen LogP contribution in [0.4, 0.5) is 10.1 Å². The number of benzene rings is 1. The molecule has 1 heterocycles. The van der Waals surface area contributed by atoms with E-state index in [2.05, 4.69) is 4.98 Å². The minimum absolute atomic E-state index is 0.166. The number of nitrogens with two attached hydrogens (primary N) is 1. The summed E-state index contributed by atoms with van der Waals surface area (Å²) in [6, 6.07) is 6.73. The second kappa shape index (κ2) is 3.69. The molecule has 0 aliphatic carbocycles. The van der Waals surface area contributed by atoms with E-state index < -0.39 is 5.82 Å². The lowest BCUT2D eigenvalue weighted by atomic mass is 10.1. The van der Waals surface area contributed by atoms with Gasteiger partial charge in [0.25, 0.3) is 0 Å². The summed E-state index contributed by atoms with van der Waals surface area (Å²) in [5.74, 6) is -0.394. The monoisotopic (exact) mass is 202 g/mol. The van der Waals surface area contributed by atoms with Crippen LogP contribution in [0.5, 0.6) is 0 Å². The van der Waals surface area contributed by atoms with Crippen LogP contribution in [0.25, 0.3) is 11.1 Å². The van der Waals surface area contributed by atoms with Gasteiger partial charge in [0.2, 0.25) is 0 Å². The Morgan fingerprint density at radius 1 is 1.13 bits per heavy atom. The summed E-state index contributed by atoms with van der Waals surface area (Å²) in [4.78, 5) is 4.06. The van der Waals surface area contributed by atoms with Crippen LogP contribution in [0, 0.1) is 12.7 Å². The Morgan fingerprint density at radius 3 is 2.60 bits per heavy atom. The summed E-state index contributed by atoms with van der Waals surface area (Å²) in [5, 5.41) is 0. The van der Waals surface area contributed by atoms with Crippen molar-refractivity contribution in [3.8, 4) is 11.1 Å². The van der Waals surface area contributed by atoms with Crippen LogP contribution in [0.3, 0.4) is 0 Å². The predicted octanol–water partition coefficient (Wildman–Crippen LogP) is 2.78. The van der Waals surface area contributed by atoms with Crippen LogP contribution < -0.4 is 5.73 Å². The highest BCUT2D eigenvalue weighted by Gasteiger charge is 2.02. The average Bonchev–Trinajstić information content (AvgIpc) is 2.22. The molecule has 0 aliphatic rings. The molecule has 3 heteroatoms. The predicted molar refractivity (Wildman–Crippen MR) is 58.8 cm³/mol. The molecule has 0 saturated heterocycles. The molecule has 0 spiro atoms. The van der Waals surface area contributed by atoms with Gasteiger partial charge >= 0.3 is 0 Å². The Balaban J connectivity index is 2.50. The van der Waals surface area contributed by atoms with Gasteiger partial charge in [0.1, 0.15) is 5.82 Å². The first-order chi connectivity index (χ1) is 7.16. The summed E-state index contributed by atoms with van der Waals surface area (Å²) in [5.41, 5.74) is 8.31. The number of anilines is 1. The Hall–Kier alpha value is -1.90. The lowest BCUT2D eigenvalue weighted by Gasteiger charge is -2.03.